The third kappa shape index (κ3) is 4.95. The van der Waals surface area contributed by atoms with Gasteiger partial charge in [-0.2, -0.15) is 0 Å². The van der Waals surface area contributed by atoms with E-state index < -0.39 is 6.10 Å². The highest BCUT2D eigenvalue weighted by molar-refractivity contribution is 5.20. The molecule has 5 heteroatoms. The van der Waals surface area contributed by atoms with Gasteiger partial charge in [-0.25, -0.2) is 0 Å². The van der Waals surface area contributed by atoms with Crippen molar-refractivity contribution < 1.29 is 20.1 Å². The lowest BCUT2D eigenvalue weighted by Gasteiger charge is -2.41. The largest absolute Gasteiger partial charge is 0.494 e. The molecule has 0 amide bonds. The first-order valence-corrected chi connectivity index (χ1v) is 7.97. The van der Waals surface area contributed by atoms with Gasteiger partial charge in [0.2, 0.25) is 0 Å². The SMILES string of the molecule is OC[C@@H](O)CN1CCC(CO)(CCOc2ccccc2)CC1. The molecule has 22 heavy (non-hydrogen) atoms. The summed E-state index contributed by atoms with van der Waals surface area (Å²) in [5.41, 5.74) is -0.0878. The number of hydrogen-bond acceptors (Lipinski definition) is 5. The zero-order valence-electron chi connectivity index (χ0n) is 13.0. The molecule has 1 aromatic carbocycles. The summed E-state index contributed by atoms with van der Waals surface area (Å²) in [4.78, 5) is 2.15. The van der Waals surface area contributed by atoms with Crippen LogP contribution in [0.1, 0.15) is 19.3 Å². The maximum atomic E-state index is 9.79. The van der Waals surface area contributed by atoms with Crippen molar-refractivity contribution in [2.45, 2.75) is 25.4 Å². The molecule has 0 aliphatic carbocycles. The maximum absolute atomic E-state index is 9.79. The van der Waals surface area contributed by atoms with Crippen LogP contribution < -0.4 is 4.74 Å². The predicted molar refractivity (Wildman–Crippen MR) is 84.8 cm³/mol. The van der Waals surface area contributed by atoms with Crippen molar-refractivity contribution in [2.24, 2.45) is 5.41 Å². The van der Waals surface area contributed by atoms with Crippen molar-refractivity contribution in [1.29, 1.82) is 0 Å². The summed E-state index contributed by atoms with van der Waals surface area (Å²) in [7, 11) is 0. The van der Waals surface area contributed by atoms with E-state index in [1.165, 1.54) is 0 Å². The van der Waals surface area contributed by atoms with E-state index in [1.54, 1.807) is 0 Å². The van der Waals surface area contributed by atoms with Gasteiger partial charge in [-0.05, 0) is 49.9 Å². The molecule has 1 aliphatic rings. The number of hydrogen-bond donors (Lipinski definition) is 3. The van der Waals surface area contributed by atoms with Gasteiger partial charge in [0.25, 0.3) is 0 Å². The third-order valence-electron chi connectivity index (χ3n) is 4.58. The Bertz CT molecular complexity index is 418. The average Bonchev–Trinajstić information content (AvgIpc) is 2.57. The molecule has 1 atom stereocenters. The fourth-order valence-corrected chi connectivity index (χ4v) is 2.96. The standard InChI is InChI=1S/C17H27NO4/c19-13-15(21)12-18-9-6-17(14-20,7-10-18)8-11-22-16-4-2-1-3-5-16/h1-5,15,19-21H,6-14H2/t15-/m0/s1. The van der Waals surface area contributed by atoms with Crippen LogP contribution in [-0.4, -0.2) is 65.8 Å². The van der Waals surface area contributed by atoms with E-state index in [-0.39, 0.29) is 18.6 Å². The summed E-state index contributed by atoms with van der Waals surface area (Å²) in [6.45, 7) is 2.74. The second-order valence-electron chi connectivity index (χ2n) is 6.21. The Hall–Kier alpha value is -1.14. The second kappa shape index (κ2) is 8.48. The number of aliphatic hydroxyl groups is 3. The molecule has 1 heterocycles. The van der Waals surface area contributed by atoms with Crippen molar-refractivity contribution >= 4 is 0 Å². The van der Waals surface area contributed by atoms with Gasteiger partial charge >= 0.3 is 0 Å². The van der Waals surface area contributed by atoms with E-state index in [4.69, 9.17) is 9.84 Å². The van der Waals surface area contributed by atoms with Crippen LogP contribution in [0.15, 0.2) is 30.3 Å². The Kier molecular flexibility index (Phi) is 6.64. The summed E-state index contributed by atoms with van der Waals surface area (Å²) in [5.74, 6) is 0.860. The van der Waals surface area contributed by atoms with Gasteiger partial charge in [0.15, 0.2) is 0 Å². The number of ether oxygens (including phenoxy) is 1. The average molecular weight is 309 g/mol. The molecule has 5 nitrogen and oxygen atoms in total. The van der Waals surface area contributed by atoms with Crippen LogP contribution >= 0.6 is 0 Å². The van der Waals surface area contributed by atoms with Crippen molar-refractivity contribution in [3.05, 3.63) is 30.3 Å². The summed E-state index contributed by atoms with van der Waals surface area (Å²) < 4.78 is 5.75. The number of likely N-dealkylation sites (tertiary alicyclic amines) is 1. The molecule has 2 rings (SSSR count). The third-order valence-corrected chi connectivity index (χ3v) is 4.58. The Morgan fingerprint density at radius 1 is 1.14 bits per heavy atom. The summed E-state index contributed by atoms with van der Waals surface area (Å²) >= 11 is 0. The van der Waals surface area contributed by atoms with E-state index in [1.807, 2.05) is 30.3 Å². The molecule has 3 N–H and O–H groups in total. The number of rotatable bonds is 8. The van der Waals surface area contributed by atoms with Crippen LogP contribution in [0.2, 0.25) is 0 Å². The van der Waals surface area contributed by atoms with Crippen molar-refractivity contribution in [2.75, 3.05) is 39.5 Å². The molecule has 1 fully saturated rings. The van der Waals surface area contributed by atoms with E-state index in [9.17, 15) is 10.2 Å². The zero-order valence-corrected chi connectivity index (χ0v) is 13.0. The summed E-state index contributed by atoms with van der Waals surface area (Å²) in [5, 5.41) is 28.2. The first kappa shape index (κ1) is 17.2. The Morgan fingerprint density at radius 3 is 2.41 bits per heavy atom. The molecule has 0 unspecified atom stereocenters. The van der Waals surface area contributed by atoms with Crippen LogP contribution in [-0.2, 0) is 0 Å². The highest BCUT2D eigenvalue weighted by Gasteiger charge is 2.34. The van der Waals surface area contributed by atoms with E-state index in [0.29, 0.717) is 13.2 Å². The quantitative estimate of drug-likeness (QED) is 0.665. The van der Waals surface area contributed by atoms with Crippen LogP contribution in [0.4, 0.5) is 0 Å². The fourth-order valence-electron chi connectivity index (χ4n) is 2.96. The van der Waals surface area contributed by atoms with Gasteiger partial charge in [0.05, 0.1) is 19.3 Å². The normalized spacial score (nSPS) is 19.8. The van der Waals surface area contributed by atoms with E-state index in [2.05, 4.69) is 4.90 Å². The molecule has 0 saturated carbocycles. The Balaban J connectivity index is 1.76. The lowest BCUT2D eigenvalue weighted by Crippen LogP contribution is -2.45. The maximum Gasteiger partial charge on any atom is 0.119 e. The zero-order chi connectivity index (χ0) is 15.8. The molecule has 0 spiro atoms. The monoisotopic (exact) mass is 309 g/mol. The lowest BCUT2D eigenvalue weighted by molar-refractivity contribution is 0.00150. The molecule has 124 valence electrons. The predicted octanol–water partition coefficient (Wildman–Crippen LogP) is 0.883. The molecule has 0 bridgehead atoms. The Labute approximate surface area is 132 Å². The second-order valence-corrected chi connectivity index (χ2v) is 6.21. The minimum atomic E-state index is -0.678. The van der Waals surface area contributed by atoms with Gasteiger partial charge < -0.3 is 25.0 Å². The van der Waals surface area contributed by atoms with Crippen LogP contribution in [0.5, 0.6) is 5.75 Å². The van der Waals surface area contributed by atoms with Crippen LogP contribution in [0, 0.1) is 5.41 Å². The fraction of sp³-hybridized carbons (Fsp3) is 0.647. The smallest absolute Gasteiger partial charge is 0.119 e. The van der Waals surface area contributed by atoms with Crippen LogP contribution in [0.3, 0.4) is 0 Å². The summed E-state index contributed by atoms with van der Waals surface area (Å²) in [6.07, 6.45) is 1.93. The molecule has 0 aromatic heterocycles. The summed E-state index contributed by atoms with van der Waals surface area (Å²) in [6, 6.07) is 9.72. The minimum absolute atomic E-state index is 0.0878. The molecule has 1 saturated heterocycles. The highest BCUT2D eigenvalue weighted by atomic mass is 16.5. The Morgan fingerprint density at radius 2 is 1.82 bits per heavy atom. The molecule has 1 aromatic rings. The first-order valence-electron chi connectivity index (χ1n) is 7.97. The topological polar surface area (TPSA) is 73.2 Å². The van der Waals surface area contributed by atoms with Crippen molar-refractivity contribution in [1.82, 2.24) is 4.90 Å². The van der Waals surface area contributed by atoms with Gasteiger partial charge in [-0.1, -0.05) is 18.2 Å². The molecule has 0 radical (unpaired) electrons. The number of aliphatic hydroxyl groups excluding tert-OH is 3. The van der Waals surface area contributed by atoms with E-state index >= 15 is 0 Å². The van der Waals surface area contributed by atoms with E-state index in [0.717, 1.165) is 38.1 Å². The molecular weight excluding hydrogens is 282 g/mol. The number of β-amino-alcohol motifs (C(OH)–C–C–N with tert-alkyl or cyclic N) is 1. The number of nitrogens with zero attached hydrogens (tertiary/aromatic N) is 1. The molecular formula is C17H27NO4. The number of benzene rings is 1. The highest BCUT2D eigenvalue weighted by Crippen LogP contribution is 2.34. The van der Waals surface area contributed by atoms with Crippen LogP contribution in [0.25, 0.3) is 0 Å². The van der Waals surface area contributed by atoms with Crippen molar-refractivity contribution in [3.63, 3.8) is 0 Å². The first-order chi connectivity index (χ1) is 10.7. The van der Waals surface area contributed by atoms with Gasteiger partial charge in [0.1, 0.15) is 5.75 Å². The van der Waals surface area contributed by atoms with Gasteiger partial charge in [0, 0.05) is 13.2 Å². The van der Waals surface area contributed by atoms with Gasteiger partial charge in [-0.3, -0.25) is 0 Å². The lowest BCUT2D eigenvalue weighted by atomic mass is 9.76. The molecule has 1 aliphatic heterocycles. The number of para-hydroxylation sites is 1. The van der Waals surface area contributed by atoms with Crippen molar-refractivity contribution in [3.8, 4) is 5.75 Å². The number of piperidine rings is 1. The van der Waals surface area contributed by atoms with Gasteiger partial charge in [-0.15, -0.1) is 0 Å². The minimum Gasteiger partial charge on any atom is -0.494 e.